The third kappa shape index (κ3) is 5.84. The second-order valence-corrected chi connectivity index (χ2v) is 7.06. The summed E-state index contributed by atoms with van der Waals surface area (Å²) in [6.07, 6.45) is 1.95. The topological polar surface area (TPSA) is 129 Å². The molecule has 2 aromatic carbocycles. The van der Waals surface area contributed by atoms with Gasteiger partial charge in [0.2, 0.25) is 0 Å². The van der Waals surface area contributed by atoms with Crippen molar-refractivity contribution in [2.75, 3.05) is 19.0 Å². The zero-order valence-corrected chi connectivity index (χ0v) is 15.9. The number of carbonyl (C=O) groups excluding carboxylic acids is 1. The summed E-state index contributed by atoms with van der Waals surface area (Å²) in [5, 5.41) is 14.6. The van der Waals surface area contributed by atoms with E-state index in [1.54, 1.807) is 13.2 Å². The number of hydrogen-bond donors (Lipinski definition) is 3. The summed E-state index contributed by atoms with van der Waals surface area (Å²) in [6, 6.07) is 14.3. The molecule has 0 bridgehead atoms. The minimum absolute atomic E-state index is 0.140. The number of anilines is 1. The molecule has 8 nitrogen and oxygen atoms in total. The maximum absolute atomic E-state index is 12.2. The van der Waals surface area contributed by atoms with Gasteiger partial charge in [-0.05, 0) is 42.3 Å². The molecule has 1 amide bonds. The first-order valence-electron chi connectivity index (χ1n) is 8.19. The number of nitrogens with one attached hydrogen (secondary N) is 2. The van der Waals surface area contributed by atoms with E-state index in [1.807, 2.05) is 24.3 Å². The zero-order valence-electron chi connectivity index (χ0n) is 15.0. The summed E-state index contributed by atoms with van der Waals surface area (Å²) in [5.41, 5.74) is 1.14. The van der Waals surface area contributed by atoms with Crippen LogP contribution in [0.4, 0.5) is 5.69 Å². The largest absolute Gasteiger partial charge is 0.496 e. The van der Waals surface area contributed by atoms with Gasteiger partial charge in [0.25, 0.3) is 16.0 Å². The summed E-state index contributed by atoms with van der Waals surface area (Å²) >= 11 is 0. The fraction of sp³-hybridized carbons (Fsp3) is 0.158. The van der Waals surface area contributed by atoms with Crippen molar-refractivity contribution in [3.63, 3.8) is 0 Å². The van der Waals surface area contributed by atoms with Crippen LogP contribution in [-0.2, 0) is 21.3 Å². The maximum atomic E-state index is 12.2. The molecule has 0 fully saturated rings. The second-order valence-electron chi connectivity index (χ2n) is 5.64. The molecule has 9 heteroatoms. The molecule has 146 valence electrons. The molecule has 0 saturated carbocycles. The molecular formula is C19H19N3O5S. The summed E-state index contributed by atoms with van der Waals surface area (Å²) < 4.78 is 36.2. The molecule has 0 aliphatic carbocycles. The maximum Gasteiger partial charge on any atom is 0.294 e. The first-order chi connectivity index (χ1) is 13.3. The first-order valence-corrected chi connectivity index (χ1v) is 9.63. The van der Waals surface area contributed by atoms with Crippen molar-refractivity contribution in [1.29, 1.82) is 5.26 Å². The molecule has 0 aromatic heterocycles. The van der Waals surface area contributed by atoms with Crippen LogP contribution in [0.5, 0.6) is 5.75 Å². The lowest BCUT2D eigenvalue weighted by molar-refractivity contribution is -0.112. The van der Waals surface area contributed by atoms with E-state index in [4.69, 9.17) is 9.29 Å². The number of nitrogens with zero attached hydrogens (tertiary/aromatic N) is 1. The highest BCUT2D eigenvalue weighted by Gasteiger charge is 2.12. The summed E-state index contributed by atoms with van der Waals surface area (Å²) in [4.78, 5) is 11.9. The van der Waals surface area contributed by atoms with Gasteiger partial charge in [-0.25, -0.2) is 0 Å². The standard InChI is InChI=1S/C19H19N3O5S/c1-27-18-5-3-2-4-14(18)10-11-21-13-15(12-20)19(23)22-16-6-8-17(9-7-16)28(24,25)26/h2-9,13,21H,10-11H2,1H3,(H,22,23)(H,24,25,26)/b15-13-. The van der Waals surface area contributed by atoms with Crippen molar-refractivity contribution in [3.05, 3.63) is 65.9 Å². The van der Waals surface area contributed by atoms with Gasteiger partial charge in [-0.1, -0.05) is 18.2 Å². The van der Waals surface area contributed by atoms with Gasteiger partial charge in [0, 0.05) is 18.4 Å². The molecule has 0 aliphatic heterocycles. The molecule has 0 atom stereocenters. The Labute approximate surface area is 163 Å². The lowest BCUT2D eigenvalue weighted by Crippen LogP contribution is -2.18. The van der Waals surface area contributed by atoms with Crippen molar-refractivity contribution in [2.45, 2.75) is 11.3 Å². The summed E-state index contributed by atoms with van der Waals surface area (Å²) in [6.45, 7) is 0.488. The number of methoxy groups -OCH3 is 1. The molecule has 0 aliphatic rings. The Bertz CT molecular complexity index is 1010. The smallest absolute Gasteiger partial charge is 0.294 e. The van der Waals surface area contributed by atoms with Gasteiger partial charge in [0.1, 0.15) is 17.4 Å². The molecule has 3 N–H and O–H groups in total. The number of hydrogen-bond acceptors (Lipinski definition) is 6. The Balaban J connectivity index is 1.94. The highest BCUT2D eigenvalue weighted by atomic mass is 32.2. The number of para-hydroxylation sites is 1. The predicted octanol–water partition coefficient (Wildman–Crippen LogP) is 2.12. The molecule has 2 aromatic rings. The lowest BCUT2D eigenvalue weighted by atomic mass is 10.1. The summed E-state index contributed by atoms with van der Waals surface area (Å²) in [5.74, 6) is 0.117. The van der Waals surface area contributed by atoms with E-state index < -0.39 is 16.0 Å². The van der Waals surface area contributed by atoms with E-state index in [1.165, 1.54) is 18.3 Å². The molecule has 0 saturated heterocycles. The summed E-state index contributed by atoms with van der Waals surface area (Å²) in [7, 11) is -2.72. The Morgan fingerprint density at radius 2 is 1.89 bits per heavy atom. The molecule has 2 rings (SSSR count). The van der Waals surface area contributed by atoms with Gasteiger partial charge < -0.3 is 15.4 Å². The van der Waals surface area contributed by atoms with E-state index in [9.17, 15) is 18.5 Å². The Morgan fingerprint density at radius 3 is 2.50 bits per heavy atom. The van der Waals surface area contributed by atoms with E-state index in [-0.39, 0.29) is 16.2 Å². The minimum atomic E-state index is -4.31. The quantitative estimate of drug-likeness (QED) is 0.267. The Hall–Kier alpha value is -3.35. The number of rotatable bonds is 8. The van der Waals surface area contributed by atoms with E-state index in [2.05, 4.69) is 10.6 Å². The second kappa shape index (κ2) is 9.55. The number of benzene rings is 2. The van der Waals surface area contributed by atoms with Crippen LogP contribution in [-0.4, -0.2) is 32.5 Å². The molecule has 28 heavy (non-hydrogen) atoms. The molecule has 0 heterocycles. The number of amides is 1. The number of nitriles is 1. The van der Waals surface area contributed by atoms with Gasteiger partial charge >= 0.3 is 0 Å². The van der Waals surface area contributed by atoms with Crippen molar-refractivity contribution in [3.8, 4) is 11.8 Å². The number of carbonyl (C=O) groups is 1. The predicted molar refractivity (Wildman–Crippen MR) is 103 cm³/mol. The van der Waals surface area contributed by atoms with E-state index >= 15 is 0 Å². The van der Waals surface area contributed by atoms with E-state index in [0.29, 0.717) is 13.0 Å². The normalized spacial score (nSPS) is 11.4. The average molecular weight is 401 g/mol. The van der Waals surface area contributed by atoms with Gasteiger partial charge in [-0.2, -0.15) is 13.7 Å². The zero-order chi connectivity index (χ0) is 20.6. The first kappa shape index (κ1) is 21.0. The Kier molecular flexibility index (Phi) is 7.14. The van der Waals surface area contributed by atoms with Crippen molar-refractivity contribution in [2.24, 2.45) is 0 Å². The highest BCUT2D eigenvalue weighted by Crippen LogP contribution is 2.17. The molecule has 0 radical (unpaired) electrons. The van der Waals surface area contributed by atoms with Crippen LogP contribution in [0.2, 0.25) is 0 Å². The number of ether oxygens (including phenoxy) is 1. The lowest BCUT2D eigenvalue weighted by Gasteiger charge is -2.08. The van der Waals surface area contributed by atoms with Crippen molar-refractivity contribution in [1.82, 2.24) is 5.32 Å². The van der Waals surface area contributed by atoms with E-state index in [0.717, 1.165) is 23.4 Å². The SMILES string of the molecule is COc1ccccc1CCN/C=C(/C#N)C(=O)Nc1ccc(S(=O)(=O)O)cc1. The molecule has 0 unspecified atom stereocenters. The van der Waals surface area contributed by atoms with Crippen LogP contribution in [0.15, 0.2) is 65.2 Å². The van der Waals surface area contributed by atoms with Crippen LogP contribution in [0.1, 0.15) is 5.56 Å². The van der Waals surface area contributed by atoms with Gasteiger partial charge in [0.15, 0.2) is 0 Å². The fourth-order valence-corrected chi connectivity index (χ4v) is 2.83. The third-order valence-electron chi connectivity index (χ3n) is 3.75. The average Bonchev–Trinajstić information content (AvgIpc) is 2.68. The van der Waals surface area contributed by atoms with Gasteiger partial charge in [0.05, 0.1) is 12.0 Å². The van der Waals surface area contributed by atoms with Gasteiger partial charge in [-0.15, -0.1) is 0 Å². The van der Waals surface area contributed by atoms with Crippen molar-refractivity contribution >= 4 is 21.7 Å². The Morgan fingerprint density at radius 1 is 1.21 bits per heavy atom. The highest BCUT2D eigenvalue weighted by molar-refractivity contribution is 7.85. The molecular weight excluding hydrogens is 382 g/mol. The van der Waals surface area contributed by atoms with Crippen LogP contribution in [0.25, 0.3) is 0 Å². The van der Waals surface area contributed by atoms with Crippen LogP contribution >= 0.6 is 0 Å². The minimum Gasteiger partial charge on any atom is -0.496 e. The molecule has 0 spiro atoms. The van der Waals surface area contributed by atoms with Crippen LogP contribution in [0, 0.1) is 11.3 Å². The van der Waals surface area contributed by atoms with Gasteiger partial charge in [-0.3, -0.25) is 9.35 Å². The van der Waals surface area contributed by atoms with Crippen LogP contribution < -0.4 is 15.4 Å². The third-order valence-corrected chi connectivity index (χ3v) is 4.62. The monoisotopic (exact) mass is 401 g/mol. The fourth-order valence-electron chi connectivity index (χ4n) is 2.35. The van der Waals surface area contributed by atoms with Crippen LogP contribution in [0.3, 0.4) is 0 Å². The van der Waals surface area contributed by atoms with Crippen molar-refractivity contribution < 1.29 is 22.5 Å².